The lowest BCUT2D eigenvalue weighted by molar-refractivity contribution is -0.170. The number of amides is 1. The number of aliphatic hydroxyl groups is 1. The summed E-state index contributed by atoms with van der Waals surface area (Å²) < 4.78 is 50.6. The normalized spacial score (nSPS) is 24.5. The largest absolute Gasteiger partial charge is 0.459 e. The third kappa shape index (κ3) is 5.16. The summed E-state index contributed by atoms with van der Waals surface area (Å²) in [6.45, 7) is 3.50. The van der Waals surface area contributed by atoms with Crippen LogP contribution >= 0.6 is 0 Å². The van der Waals surface area contributed by atoms with Crippen LogP contribution in [0.5, 0.6) is 0 Å². The molecule has 0 saturated carbocycles. The van der Waals surface area contributed by atoms with Crippen LogP contribution in [0.3, 0.4) is 0 Å². The molecule has 1 amide bonds. The van der Waals surface area contributed by atoms with Crippen molar-refractivity contribution in [2.45, 2.75) is 51.0 Å². The lowest BCUT2D eigenvalue weighted by Gasteiger charge is -2.37. The average molecular weight is 427 g/mol. The van der Waals surface area contributed by atoms with Gasteiger partial charge in [0.15, 0.2) is 5.76 Å². The molecule has 0 aromatic heterocycles. The van der Waals surface area contributed by atoms with Gasteiger partial charge >= 0.3 is 6.18 Å². The molecule has 0 aliphatic carbocycles. The second-order valence-corrected chi connectivity index (χ2v) is 7.65. The fourth-order valence-corrected chi connectivity index (χ4v) is 4.11. The van der Waals surface area contributed by atoms with Gasteiger partial charge in [0, 0.05) is 38.1 Å². The molecule has 1 N–H and O–H groups in total. The Morgan fingerprint density at radius 1 is 1.23 bits per heavy atom. The molecular weight excluding hydrogens is 399 g/mol. The van der Waals surface area contributed by atoms with Crippen molar-refractivity contribution in [2.24, 2.45) is 5.92 Å². The highest BCUT2D eigenvalue weighted by molar-refractivity contribution is 5.92. The van der Waals surface area contributed by atoms with Gasteiger partial charge in [-0.3, -0.25) is 4.79 Å². The second-order valence-electron chi connectivity index (χ2n) is 7.65. The number of aliphatic hydroxyl groups excluding tert-OH is 1. The molecule has 1 fully saturated rings. The molecule has 0 radical (unpaired) electrons. The Bertz CT molecular complexity index is 742. The van der Waals surface area contributed by atoms with E-state index in [-0.39, 0.29) is 30.1 Å². The number of ether oxygens (including phenoxy) is 2. The molecular formula is C22H28F3NO4. The van der Waals surface area contributed by atoms with Gasteiger partial charge in [-0.1, -0.05) is 12.1 Å². The van der Waals surface area contributed by atoms with Gasteiger partial charge in [0.2, 0.25) is 6.29 Å². The molecule has 0 unspecified atom stereocenters. The van der Waals surface area contributed by atoms with Crippen molar-refractivity contribution in [2.75, 3.05) is 26.3 Å². The smallest absolute Gasteiger partial charge is 0.416 e. The van der Waals surface area contributed by atoms with Crippen LogP contribution in [0.2, 0.25) is 0 Å². The Balaban J connectivity index is 1.95. The molecule has 3 rings (SSSR count). The van der Waals surface area contributed by atoms with E-state index in [2.05, 4.69) is 0 Å². The highest BCUT2D eigenvalue weighted by Gasteiger charge is 2.39. The van der Waals surface area contributed by atoms with Gasteiger partial charge in [-0.25, -0.2) is 0 Å². The molecule has 8 heteroatoms. The van der Waals surface area contributed by atoms with E-state index in [0.29, 0.717) is 38.1 Å². The van der Waals surface area contributed by atoms with E-state index in [4.69, 9.17) is 9.47 Å². The molecule has 2 aliphatic rings. The lowest BCUT2D eigenvalue weighted by atomic mass is 9.80. The molecule has 30 heavy (non-hydrogen) atoms. The minimum Gasteiger partial charge on any atom is -0.459 e. The Kier molecular flexibility index (Phi) is 7.41. The molecule has 1 saturated heterocycles. The number of rotatable bonds is 7. The molecule has 0 spiro atoms. The summed E-state index contributed by atoms with van der Waals surface area (Å²) in [5.41, 5.74) is -0.0606. The zero-order chi connectivity index (χ0) is 21.7. The molecule has 1 aromatic carbocycles. The van der Waals surface area contributed by atoms with Gasteiger partial charge in [0.25, 0.3) is 5.91 Å². The van der Waals surface area contributed by atoms with Crippen LogP contribution in [-0.2, 0) is 20.4 Å². The number of carbonyl (C=O) groups is 1. The number of alkyl halides is 3. The van der Waals surface area contributed by atoms with Crippen molar-refractivity contribution in [1.29, 1.82) is 0 Å². The molecule has 2 heterocycles. The molecule has 2 aliphatic heterocycles. The van der Waals surface area contributed by atoms with E-state index < -0.39 is 18.0 Å². The summed E-state index contributed by atoms with van der Waals surface area (Å²) >= 11 is 0. The van der Waals surface area contributed by atoms with Gasteiger partial charge in [0.1, 0.15) is 0 Å². The third-order valence-corrected chi connectivity index (χ3v) is 5.64. The van der Waals surface area contributed by atoms with Crippen LogP contribution in [0.4, 0.5) is 13.2 Å². The number of allylic oxidation sites excluding steroid dienone is 1. The van der Waals surface area contributed by atoms with E-state index >= 15 is 0 Å². The van der Waals surface area contributed by atoms with Crippen molar-refractivity contribution in [3.63, 3.8) is 0 Å². The minimum absolute atomic E-state index is 0.0155. The third-order valence-electron chi connectivity index (χ3n) is 5.64. The fraction of sp³-hybridized carbons (Fsp3) is 0.591. The number of hydrogen-bond donors (Lipinski definition) is 1. The van der Waals surface area contributed by atoms with Crippen LogP contribution < -0.4 is 0 Å². The SMILES string of the molecule is CCO[C@H]1OC(C(=O)N2CCCC2)=C[C@@H](c2ccc(C(F)(F)F)cc2)[C@H]1CCCO. The number of nitrogens with zero attached hydrogens (tertiary/aromatic N) is 1. The Hall–Kier alpha value is -2.06. The Morgan fingerprint density at radius 2 is 1.90 bits per heavy atom. The van der Waals surface area contributed by atoms with E-state index in [9.17, 15) is 23.1 Å². The maximum absolute atomic E-state index is 13.0. The van der Waals surface area contributed by atoms with Crippen molar-refractivity contribution in [3.05, 3.63) is 47.2 Å². The summed E-state index contributed by atoms with van der Waals surface area (Å²) in [5.74, 6) is -0.620. The maximum Gasteiger partial charge on any atom is 0.416 e. The summed E-state index contributed by atoms with van der Waals surface area (Å²) in [5, 5.41) is 9.30. The van der Waals surface area contributed by atoms with E-state index in [1.54, 1.807) is 11.0 Å². The first-order valence-corrected chi connectivity index (χ1v) is 10.4. The van der Waals surface area contributed by atoms with Crippen LogP contribution in [0.15, 0.2) is 36.1 Å². The first kappa shape index (κ1) is 22.6. The first-order valence-electron chi connectivity index (χ1n) is 10.4. The van der Waals surface area contributed by atoms with Crippen LogP contribution in [0.1, 0.15) is 49.7 Å². The Morgan fingerprint density at radius 3 is 2.47 bits per heavy atom. The molecule has 166 valence electrons. The second kappa shape index (κ2) is 9.83. The average Bonchev–Trinajstić information content (AvgIpc) is 3.26. The summed E-state index contributed by atoms with van der Waals surface area (Å²) in [4.78, 5) is 14.7. The summed E-state index contributed by atoms with van der Waals surface area (Å²) in [7, 11) is 0. The van der Waals surface area contributed by atoms with Crippen LogP contribution in [0.25, 0.3) is 0 Å². The first-order chi connectivity index (χ1) is 14.3. The predicted octanol–water partition coefficient (Wildman–Crippen LogP) is 4.08. The van der Waals surface area contributed by atoms with E-state index in [1.807, 2.05) is 6.92 Å². The number of carbonyl (C=O) groups excluding carboxylic acids is 1. The van der Waals surface area contributed by atoms with Gasteiger partial charge in [-0.05, 0) is 56.4 Å². The summed E-state index contributed by atoms with van der Waals surface area (Å²) in [6.07, 6.45) is -0.483. The van der Waals surface area contributed by atoms with Crippen molar-refractivity contribution < 1.29 is 32.5 Å². The van der Waals surface area contributed by atoms with Crippen LogP contribution in [-0.4, -0.2) is 48.5 Å². The quantitative estimate of drug-likeness (QED) is 0.713. The minimum atomic E-state index is -4.41. The van der Waals surface area contributed by atoms with E-state index in [1.165, 1.54) is 12.1 Å². The highest BCUT2D eigenvalue weighted by Crippen LogP contribution is 2.40. The number of halogens is 3. The number of benzene rings is 1. The van der Waals surface area contributed by atoms with Gasteiger partial charge in [-0.2, -0.15) is 13.2 Å². The lowest BCUT2D eigenvalue weighted by Crippen LogP contribution is -2.39. The zero-order valence-electron chi connectivity index (χ0n) is 17.0. The van der Waals surface area contributed by atoms with Gasteiger partial charge in [-0.15, -0.1) is 0 Å². The van der Waals surface area contributed by atoms with Crippen molar-refractivity contribution >= 4 is 5.91 Å². The highest BCUT2D eigenvalue weighted by atomic mass is 19.4. The van der Waals surface area contributed by atoms with E-state index in [0.717, 1.165) is 25.0 Å². The Labute approximate surface area is 174 Å². The monoisotopic (exact) mass is 427 g/mol. The van der Waals surface area contributed by atoms with Crippen molar-refractivity contribution in [1.82, 2.24) is 4.90 Å². The van der Waals surface area contributed by atoms with Crippen molar-refractivity contribution in [3.8, 4) is 0 Å². The predicted molar refractivity (Wildman–Crippen MR) is 104 cm³/mol. The summed E-state index contributed by atoms with van der Waals surface area (Å²) in [6, 6.07) is 5.00. The standard InChI is InChI=1S/C22H28F3NO4/c1-2-29-21-17(6-5-13-27)18(15-7-9-16(10-8-15)22(23,24)25)14-19(30-21)20(28)26-11-3-4-12-26/h7-10,14,17-18,21,27H,2-6,11-13H2,1H3/t17-,18+,21+/m1/s1. The topological polar surface area (TPSA) is 59.0 Å². The maximum atomic E-state index is 13.0. The zero-order valence-corrected chi connectivity index (χ0v) is 17.0. The van der Waals surface area contributed by atoms with Gasteiger partial charge < -0.3 is 19.5 Å². The number of likely N-dealkylation sites (tertiary alicyclic amines) is 1. The molecule has 5 nitrogen and oxygen atoms in total. The molecule has 1 aromatic rings. The molecule has 0 bridgehead atoms. The molecule has 3 atom stereocenters. The van der Waals surface area contributed by atoms with Crippen LogP contribution in [0, 0.1) is 5.92 Å². The van der Waals surface area contributed by atoms with Gasteiger partial charge in [0.05, 0.1) is 5.56 Å². The fourth-order valence-electron chi connectivity index (χ4n) is 4.11. The number of hydrogen-bond acceptors (Lipinski definition) is 4.